The molecule has 0 amide bonds. The molecule has 2 rings (SSSR count). The number of anilines is 3. The zero-order valence-corrected chi connectivity index (χ0v) is 8.98. The van der Waals surface area contributed by atoms with Crippen molar-refractivity contribution in [3.8, 4) is 0 Å². The molecule has 0 heterocycles. The van der Waals surface area contributed by atoms with E-state index in [1.807, 2.05) is 48.5 Å². The Morgan fingerprint density at radius 1 is 0.812 bits per heavy atom. The Bertz CT molecular complexity index is 446. The number of nitrogen functional groups attached to an aromatic ring is 1. The molecule has 3 nitrogen and oxygen atoms in total. The van der Waals surface area contributed by atoms with Crippen molar-refractivity contribution < 1.29 is 0 Å². The van der Waals surface area contributed by atoms with E-state index in [-0.39, 0.29) is 0 Å². The molecule has 0 saturated carbocycles. The van der Waals surface area contributed by atoms with Crippen LogP contribution in [0, 0.1) is 0 Å². The molecule has 0 atom stereocenters. The van der Waals surface area contributed by atoms with Crippen LogP contribution in [0.4, 0.5) is 17.1 Å². The number of hydrogen-bond acceptors (Lipinski definition) is 3. The van der Waals surface area contributed by atoms with E-state index in [0.717, 1.165) is 22.6 Å². The summed E-state index contributed by atoms with van der Waals surface area (Å²) in [7, 11) is 0. The van der Waals surface area contributed by atoms with Gasteiger partial charge in [0.2, 0.25) is 0 Å². The van der Waals surface area contributed by atoms with Crippen LogP contribution in [0.2, 0.25) is 0 Å². The molecule has 0 saturated heterocycles. The average Bonchev–Trinajstić information content (AvgIpc) is 2.33. The summed E-state index contributed by atoms with van der Waals surface area (Å²) in [4.78, 5) is 0. The number of benzene rings is 2. The fourth-order valence-electron chi connectivity index (χ4n) is 1.46. The highest BCUT2D eigenvalue weighted by Gasteiger charge is 1.94. The number of hydrogen-bond donors (Lipinski definition) is 3. The van der Waals surface area contributed by atoms with Crippen LogP contribution in [-0.4, -0.2) is 0 Å². The molecule has 0 aliphatic carbocycles. The van der Waals surface area contributed by atoms with E-state index in [2.05, 4.69) is 5.32 Å². The lowest BCUT2D eigenvalue weighted by atomic mass is 10.2. The van der Waals surface area contributed by atoms with Gasteiger partial charge in [-0.25, -0.2) is 0 Å². The van der Waals surface area contributed by atoms with Crippen molar-refractivity contribution in [2.24, 2.45) is 5.73 Å². The third-order valence-corrected chi connectivity index (χ3v) is 2.39. The maximum Gasteiger partial charge on any atom is 0.0385 e. The molecule has 0 aromatic heterocycles. The van der Waals surface area contributed by atoms with E-state index >= 15 is 0 Å². The summed E-state index contributed by atoms with van der Waals surface area (Å²) in [6.45, 7) is 0.572. The summed E-state index contributed by atoms with van der Waals surface area (Å²) in [5.74, 6) is 0. The van der Waals surface area contributed by atoms with Gasteiger partial charge in [-0.1, -0.05) is 12.1 Å². The normalized spacial score (nSPS) is 10.1. The van der Waals surface area contributed by atoms with Gasteiger partial charge in [0.25, 0.3) is 0 Å². The minimum Gasteiger partial charge on any atom is -0.399 e. The Labute approximate surface area is 95.1 Å². The van der Waals surface area contributed by atoms with Crippen LogP contribution >= 0.6 is 0 Å². The Hall–Kier alpha value is -2.00. The van der Waals surface area contributed by atoms with Gasteiger partial charge < -0.3 is 16.8 Å². The highest BCUT2D eigenvalue weighted by atomic mass is 14.9. The van der Waals surface area contributed by atoms with Crippen molar-refractivity contribution in [1.82, 2.24) is 0 Å². The maximum atomic E-state index is 5.62. The molecule has 0 spiro atoms. The van der Waals surface area contributed by atoms with Gasteiger partial charge in [0, 0.05) is 23.6 Å². The van der Waals surface area contributed by atoms with Crippen LogP contribution in [0.15, 0.2) is 48.5 Å². The van der Waals surface area contributed by atoms with Crippen LogP contribution in [0.3, 0.4) is 0 Å². The topological polar surface area (TPSA) is 64.1 Å². The molecule has 0 fully saturated rings. The van der Waals surface area contributed by atoms with Crippen molar-refractivity contribution in [2.45, 2.75) is 6.54 Å². The van der Waals surface area contributed by atoms with Gasteiger partial charge in [0.1, 0.15) is 0 Å². The smallest absolute Gasteiger partial charge is 0.0385 e. The number of nitrogens with one attached hydrogen (secondary N) is 1. The predicted octanol–water partition coefficient (Wildman–Crippen LogP) is 2.47. The summed E-state index contributed by atoms with van der Waals surface area (Å²) in [5.41, 5.74) is 15.1. The first-order chi connectivity index (χ1) is 7.78. The Kier molecular flexibility index (Phi) is 3.08. The molecule has 16 heavy (non-hydrogen) atoms. The monoisotopic (exact) mass is 213 g/mol. The second-order valence-corrected chi connectivity index (χ2v) is 3.65. The fourth-order valence-corrected chi connectivity index (χ4v) is 1.46. The van der Waals surface area contributed by atoms with Gasteiger partial charge in [-0.2, -0.15) is 0 Å². The van der Waals surface area contributed by atoms with Crippen LogP contribution in [0.25, 0.3) is 0 Å². The van der Waals surface area contributed by atoms with Gasteiger partial charge in [-0.3, -0.25) is 0 Å². The lowest BCUT2D eigenvalue weighted by molar-refractivity contribution is 1.07. The number of rotatable bonds is 3. The van der Waals surface area contributed by atoms with Crippen molar-refractivity contribution in [3.63, 3.8) is 0 Å². The largest absolute Gasteiger partial charge is 0.399 e. The van der Waals surface area contributed by atoms with Crippen molar-refractivity contribution in [3.05, 3.63) is 54.1 Å². The van der Waals surface area contributed by atoms with E-state index in [4.69, 9.17) is 11.5 Å². The van der Waals surface area contributed by atoms with E-state index in [1.165, 1.54) is 0 Å². The summed E-state index contributed by atoms with van der Waals surface area (Å²) < 4.78 is 0. The molecular formula is C13H15N3. The first-order valence-electron chi connectivity index (χ1n) is 5.19. The second kappa shape index (κ2) is 4.68. The molecule has 82 valence electrons. The van der Waals surface area contributed by atoms with E-state index in [0.29, 0.717) is 6.54 Å². The summed E-state index contributed by atoms with van der Waals surface area (Å²) in [6.07, 6.45) is 0. The zero-order valence-electron chi connectivity index (χ0n) is 8.98. The summed E-state index contributed by atoms with van der Waals surface area (Å²) >= 11 is 0. The first kappa shape index (κ1) is 10.5. The molecule has 0 aliphatic heterocycles. The van der Waals surface area contributed by atoms with E-state index < -0.39 is 0 Å². The number of nitrogens with two attached hydrogens (primary N) is 2. The van der Waals surface area contributed by atoms with Crippen LogP contribution in [-0.2, 0) is 6.54 Å². The minimum absolute atomic E-state index is 0.572. The Morgan fingerprint density at radius 3 is 1.81 bits per heavy atom. The third-order valence-electron chi connectivity index (χ3n) is 2.39. The van der Waals surface area contributed by atoms with Crippen LogP contribution < -0.4 is 16.8 Å². The molecular weight excluding hydrogens is 198 g/mol. The molecule has 0 aliphatic rings. The zero-order chi connectivity index (χ0) is 11.4. The fraction of sp³-hybridized carbons (Fsp3) is 0.0769. The van der Waals surface area contributed by atoms with Crippen molar-refractivity contribution in [1.29, 1.82) is 0 Å². The molecule has 5 N–H and O–H groups in total. The lowest BCUT2D eigenvalue weighted by Gasteiger charge is -2.07. The van der Waals surface area contributed by atoms with Gasteiger partial charge in [0.05, 0.1) is 0 Å². The highest BCUT2D eigenvalue weighted by Crippen LogP contribution is 2.18. The first-order valence-corrected chi connectivity index (χ1v) is 5.19. The van der Waals surface area contributed by atoms with Crippen molar-refractivity contribution in [2.75, 3.05) is 11.1 Å². The average molecular weight is 213 g/mol. The summed E-state index contributed by atoms with van der Waals surface area (Å²) in [5, 5.41) is 3.29. The molecule has 0 unspecified atom stereocenters. The van der Waals surface area contributed by atoms with Gasteiger partial charge in [0.15, 0.2) is 0 Å². The minimum atomic E-state index is 0.572. The Balaban J connectivity index is 2.11. The van der Waals surface area contributed by atoms with Gasteiger partial charge >= 0.3 is 0 Å². The quantitative estimate of drug-likeness (QED) is 0.686. The van der Waals surface area contributed by atoms with Gasteiger partial charge in [-0.05, 0) is 42.0 Å². The molecule has 3 heteroatoms. The molecule has 0 radical (unpaired) electrons. The third kappa shape index (κ3) is 2.52. The van der Waals surface area contributed by atoms with E-state index in [1.54, 1.807) is 0 Å². The predicted molar refractivity (Wildman–Crippen MR) is 68.5 cm³/mol. The standard InChI is InChI=1S/C13H15N3/c14-9-10-1-5-12(6-2-10)16-13-7-3-11(15)4-8-13/h1-8,16H,9,14-15H2. The molecule has 0 bridgehead atoms. The summed E-state index contributed by atoms with van der Waals surface area (Å²) in [6, 6.07) is 15.7. The van der Waals surface area contributed by atoms with Crippen molar-refractivity contribution >= 4 is 17.1 Å². The molecule has 2 aromatic carbocycles. The lowest BCUT2D eigenvalue weighted by Crippen LogP contribution is -1.96. The van der Waals surface area contributed by atoms with Crippen LogP contribution in [0.1, 0.15) is 5.56 Å². The SMILES string of the molecule is NCc1ccc(Nc2ccc(N)cc2)cc1. The van der Waals surface area contributed by atoms with Crippen LogP contribution in [0.5, 0.6) is 0 Å². The second-order valence-electron chi connectivity index (χ2n) is 3.65. The van der Waals surface area contributed by atoms with Gasteiger partial charge in [-0.15, -0.1) is 0 Å². The van der Waals surface area contributed by atoms with E-state index in [9.17, 15) is 0 Å². The Morgan fingerprint density at radius 2 is 1.31 bits per heavy atom. The highest BCUT2D eigenvalue weighted by molar-refractivity contribution is 5.61. The molecule has 2 aromatic rings. The maximum absolute atomic E-state index is 5.62.